The Hall–Kier alpha value is -1.51. The van der Waals surface area contributed by atoms with E-state index in [1.165, 1.54) is 24.0 Å². The number of carbonyl (C=O) groups is 1. The summed E-state index contributed by atoms with van der Waals surface area (Å²) in [6, 6.07) is 3.87. The number of halogens is 1. The maximum atomic E-state index is 11.9. The Bertz CT molecular complexity index is 700. The maximum Gasteiger partial charge on any atom is 0.309 e. The fraction of sp³-hybridized carbons (Fsp3) is 0.619. The van der Waals surface area contributed by atoms with Crippen molar-refractivity contribution in [1.29, 1.82) is 0 Å². The minimum Gasteiger partial charge on any atom is -0.508 e. The largest absolute Gasteiger partial charge is 0.508 e. The van der Waals surface area contributed by atoms with Crippen LogP contribution in [0.25, 0.3) is 0 Å². The van der Waals surface area contributed by atoms with Gasteiger partial charge in [0.2, 0.25) is 0 Å². The molecule has 1 saturated heterocycles. The highest BCUT2D eigenvalue weighted by molar-refractivity contribution is 14.0. The third-order valence-corrected chi connectivity index (χ3v) is 5.68. The van der Waals surface area contributed by atoms with E-state index in [1.54, 1.807) is 7.05 Å². The Kier molecular flexibility index (Phi) is 8.85. The van der Waals surface area contributed by atoms with Crippen molar-refractivity contribution in [2.24, 2.45) is 10.9 Å². The van der Waals surface area contributed by atoms with Crippen LogP contribution in [0.3, 0.4) is 0 Å². The van der Waals surface area contributed by atoms with E-state index in [9.17, 15) is 9.90 Å². The smallest absolute Gasteiger partial charge is 0.309 e. The molecule has 1 aliphatic carbocycles. The summed E-state index contributed by atoms with van der Waals surface area (Å²) in [4.78, 5) is 18.5. The van der Waals surface area contributed by atoms with E-state index < -0.39 is 0 Å². The van der Waals surface area contributed by atoms with Gasteiger partial charge in [0.05, 0.1) is 12.5 Å². The van der Waals surface area contributed by atoms with Crippen LogP contribution in [0.5, 0.6) is 5.75 Å². The first kappa shape index (κ1) is 22.8. The van der Waals surface area contributed by atoms with Crippen LogP contribution in [0.4, 0.5) is 0 Å². The van der Waals surface area contributed by atoms with Crippen LogP contribution in [0.15, 0.2) is 17.1 Å². The van der Waals surface area contributed by atoms with E-state index >= 15 is 0 Å². The quantitative estimate of drug-likeness (QED) is 0.287. The summed E-state index contributed by atoms with van der Waals surface area (Å²) in [5, 5.41) is 13.8. The number of phenolic OH excluding ortho intramolecular Hbond substituents is 1. The van der Waals surface area contributed by atoms with Gasteiger partial charge in [-0.1, -0.05) is 6.07 Å². The number of fused-ring (bicyclic) bond motifs is 1. The zero-order chi connectivity index (χ0) is 19.2. The molecule has 1 aromatic rings. The lowest BCUT2D eigenvalue weighted by Gasteiger charge is -2.33. The zero-order valence-corrected chi connectivity index (χ0v) is 19.2. The van der Waals surface area contributed by atoms with Crippen molar-refractivity contribution in [3.05, 3.63) is 28.8 Å². The van der Waals surface area contributed by atoms with Crippen molar-refractivity contribution in [3.63, 3.8) is 0 Å². The highest BCUT2D eigenvalue weighted by atomic mass is 127. The number of likely N-dealkylation sites (tertiary alicyclic amines) is 1. The Morgan fingerprint density at radius 3 is 2.68 bits per heavy atom. The number of carbonyl (C=O) groups excluding carboxylic acids is 1. The standard InChI is InChI=1S/C21H31N3O3.HI/c1-3-27-20(26)16-10-12-24(13-11-16)21(22-2)23-14-18-17-7-5-4-6-15(17)8-9-19(18)25;/h8-9,16,25H,3-7,10-14H2,1-2H3,(H,22,23);1H. The van der Waals surface area contributed by atoms with Gasteiger partial charge in [-0.05, 0) is 62.6 Å². The number of aromatic hydroxyl groups is 1. The number of nitrogens with one attached hydrogen (secondary N) is 1. The summed E-state index contributed by atoms with van der Waals surface area (Å²) in [6.45, 7) is 4.41. The summed E-state index contributed by atoms with van der Waals surface area (Å²) < 4.78 is 5.14. The van der Waals surface area contributed by atoms with Crippen LogP contribution < -0.4 is 5.32 Å². The second-order valence-electron chi connectivity index (χ2n) is 7.32. The molecule has 156 valence electrons. The topological polar surface area (TPSA) is 74.2 Å². The molecule has 0 unspecified atom stereocenters. The monoisotopic (exact) mass is 501 g/mol. The molecule has 2 N–H and O–H groups in total. The molecule has 28 heavy (non-hydrogen) atoms. The number of piperidine rings is 1. The van der Waals surface area contributed by atoms with Crippen molar-refractivity contribution < 1.29 is 14.6 Å². The van der Waals surface area contributed by atoms with Crippen molar-refractivity contribution in [3.8, 4) is 5.75 Å². The molecule has 0 spiro atoms. The molecule has 6 nitrogen and oxygen atoms in total. The molecule has 1 heterocycles. The number of aryl methyl sites for hydroxylation is 1. The number of hydrogen-bond donors (Lipinski definition) is 2. The van der Waals surface area contributed by atoms with Crippen LogP contribution in [-0.2, 0) is 28.9 Å². The number of rotatable bonds is 4. The Balaban J connectivity index is 0.00000280. The predicted octanol–water partition coefficient (Wildman–Crippen LogP) is 3.24. The fourth-order valence-corrected chi connectivity index (χ4v) is 4.18. The highest BCUT2D eigenvalue weighted by Gasteiger charge is 2.27. The van der Waals surface area contributed by atoms with E-state index in [1.807, 2.05) is 13.0 Å². The number of benzene rings is 1. The Labute approximate surface area is 184 Å². The Morgan fingerprint density at radius 2 is 2.00 bits per heavy atom. The molecule has 0 radical (unpaired) electrons. The van der Waals surface area contributed by atoms with Crippen LogP contribution in [0, 0.1) is 5.92 Å². The van der Waals surface area contributed by atoms with E-state index in [2.05, 4.69) is 21.3 Å². The number of phenols is 1. The molecule has 1 aliphatic heterocycles. The van der Waals surface area contributed by atoms with Gasteiger partial charge in [-0.2, -0.15) is 0 Å². The summed E-state index contributed by atoms with van der Waals surface area (Å²) in [7, 11) is 1.78. The van der Waals surface area contributed by atoms with Gasteiger partial charge in [0.25, 0.3) is 0 Å². The molecule has 7 heteroatoms. The molecule has 0 aromatic heterocycles. The normalized spacial score (nSPS) is 17.5. The van der Waals surface area contributed by atoms with Crippen molar-refractivity contribution >= 4 is 35.9 Å². The molecule has 0 atom stereocenters. The van der Waals surface area contributed by atoms with Gasteiger partial charge in [-0.3, -0.25) is 9.79 Å². The van der Waals surface area contributed by atoms with Gasteiger partial charge >= 0.3 is 5.97 Å². The van der Waals surface area contributed by atoms with Crippen LogP contribution in [-0.4, -0.2) is 48.7 Å². The number of guanidine groups is 1. The van der Waals surface area contributed by atoms with Crippen LogP contribution in [0.2, 0.25) is 0 Å². The molecule has 0 bridgehead atoms. The summed E-state index contributed by atoms with van der Waals surface area (Å²) >= 11 is 0. The number of nitrogens with zero attached hydrogens (tertiary/aromatic N) is 2. The van der Waals surface area contributed by atoms with E-state index in [0.717, 1.165) is 50.3 Å². The van der Waals surface area contributed by atoms with Gasteiger partial charge < -0.3 is 20.1 Å². The first-order chi connectivity index (χ1) is 13.1. The van der Waals surface area contributed by atoms with E-state index in [4.69, 9.17) is 4.74 Å². The van der Waals surface area contributed by atoms with E-state index in [-0.39, 0.29) is 35.9 Å². The Morgan fingerprint density at radius 1 is 1.29 bits per heavy atom. The lowest BCUT2D eigenvalue weighted by molar-refractivity contribution is -0.149. The van der Waals surface area contributed by atoms with Crippen LogP contribution >= 0.6 is 24.0 Å². The zero-order valence-electron chi connectivity index (χ0n) is 16.9. The number of esters is 1. The second kappa shape index (κ2) is 10.9. The lowest BCUT2D eigenvalue weighted by atomic mass is 9.88. The van der Waals surface area contributed by atoms with E-state index in [0.29, 0.717) is 18.9 Å². The number of ether oxygens (including phenoxy) is 1. The SMILES string of the molecule is CCOC(=O)C1CCN(C(=NC)NCc2c(O)ccc3c2CCCC3)CC1.I. The average molecular weight is 501 g/mol. The molecule has 1 aromatic carbocycles. The first-order valence-electron chi connectivity index (χ1n) is 10.1. The molecule has 1 fully saturated rings. The molecular formula is C21H32IN3O3. The lowest BCUT2D eigenvalue weighted by Crippen LogP contribution is -2.46. The third-order valence-electron chi connectivity index (χ3n) is 5.68. The highest BCUT2D eigenvalue weighted by Crippen LogP contribution is 2.30. The number of hydrogen-bond acceptors (Lipinski definition) is 4. The van der Waals surface area contributed by atoms with Gasteiger partial charge in [0.1, 0.15) is 5.75 Å². The van der Waals surface area contributed by atoms with Gasteiger partial charge in [0, 0.05) is 32.2 Å². The second-order valence-corrected chi connectivity index (χ2v) is 7.32. The molecular weight excluding hydrogens is 469 g/mol. The molecule has 0 saturated carbocycles. The minimum atomic E-state index is -0.0825. The summed E-state index contributed by atoms with van der Waals surface area (Å²) in [5.74, 6) is 1.09. The minimum absolute atomic E-state index is 0. The number of aliphatic imine (C=N–C) groups is 1. The molecule has 3 rings (SSSR count). The van der Waals surface area contributed by atoms with Gasteiger partial charge in [-0.15, -0.1) is 24.0 Å². The van der Waals surface area contributed by atoms with Gasteiger partial charge in [0.15, 0.2) is 5.96 Å². The summed E-state index contributed by atoms with van der Waals surface area (Å²) in [6.07, 6.45) is 6.10. The van der Waals surface area contributed by atoms with Gasteiger partial charge in [-0.25, -0.2) is 0 Å². The van der Waals surface area contributed by atoms with Crippen molar-refractivity contribution in [2.75, 3.05) is 26.7 Å². The molecule has 2 aliphatic rings. The fourth-order valence-electron chi connectivity index (χ4n) is 4.18. The predicted molar refractivity (Wildman–Crippen MR) is 121 cm³/mol. The first-order valence-corrected chi connectivity index (χ1v) is 10.1. The molecule has 0 amide bonds. The maximum absolute atomic E-state index is 11.9. The summed E-state index contributed by atoms with van der Waals surface area (Å²) in [5.41, 5.74) is 3.65. The van der Waals surface area contributed by atoms with Crippen molar-refractivity contribution in [2.45, 2.75) is 52.0 Å². The third kappa shape index (κ3) is 5.30. The van der Waals surface area contributed by atoms with Crippen molar-refractivity contribution in [1.82, 2.24) is 10.2 Å². The average Bonchev–Trinajstić information content (AvgIpc) is 2.70. The van der Waals surface area contributed by atoms with Crippen LogP contribution in [0.1, 0.15) is 49.3 Å².